The lowest BCUT2D eigenvalue weighted by Crippen LogP contribution is -2.30. The minimum atomic E-state index is -0.235. The van der Waals surface area contributed by atoms with E-state index in [2.05, 4.69) is 17.4 Å². The highest BCUT2D eigenvalue weighted by Crippen LogP contribution is 2.38. The van der Waals surface area contributed by atoms with Gasteiger partial charge in [0.25, 0.3) is 5.91 Å². The van der Waals surface area contributed by atoms with Crippen LogP contribution in [0.1, 0.15) is 26.9 Å². The van der Waals surface area contributed by atoms with Gasteiger partial charge in [-0.1, -0.05) is 42.5 Å². The summed E-state index contributed by atoms with van der Waals surface area (Å²) in [6.07, 6.45) is 0.813. The number of anilines is 1. The SMILES string of the molecule is COc1ccc(NC(=O)c2ccc([C@@H]3SCC(=O)N3CCc3ccccc3)cc2)c(OC)c1. The summed E-state index contributed by atoms with van der Waals surface area (Å²) >= 11 is 1.62. The Morgan fingerprint density at radius 2 is 1.79 bits per heavy atom. The number of amides is 2. The molecule has 7 heteroatoms. The number of carbonyl (C=O) groups excluding carboxylic acids is 2. The predicted octanol–water partition coefficient (Wildman–Crippen LogP) is 4.77. The number of methoxy groups -OCH3 is 2. The van der Waals surface area contributed by atoms with Crippen LogP contribution in [0.4, 0.5) is 5.69 Å². The van der Waals surface area contributed by atoms with Crippen molar-refractivity contribution in [3.63, 3.8) is 0 Å². The Morgan fingerprint density at radius 3 is 2.48 bits per heavy atom. The minimum Gasteiger partial charge on any atom is -0.497 e. The molecular formula is C26H26N2O4S. The molecule has 2 amide bonds. The third kappa shape index (κ3) is 5.31. The molecule has 0 saturated carbocycles. The van der Waals surface area contributed by atoms with Crippen LogP contribution >= 0.6 is 11.8 Å². The number of carbonyl (C=O) groups is 2. The van der Waals surface area contributed by atoms with Crippen molar-refractivity contribution in [2.75, 3.05) is 31.8 Å². The van der Waals surface area contributed by atoms with Gasteiger partial charge in [-0.3, -0.25) is 9.59 Å². The molecule has 33 heavy (non-hydrogen) atoms. The molecular weight excluding hydrogens is 436 g/mol. The van der Waals surface area contributed by atoms with Crippen LogP contribution in [0.3, 0.4) is 0 Å². The first kappa shape index (κ1) is 22.7. The van der Waals surface area contributed by atoms with Crippen LogP contribution in [-0.2, 0) is 11.2 Å². The molecule has 0 aliphatic carbocycles. The maximum absolute atomic E-state index is 12.8. The molecule has 0 unspecified atom stereocenters. The number of hydrogen-bond donors (Lipinski definition) is 1. The Labute approximate surface area is 197 Å². The molecule has 170 valence electrons. The molecule has 4 rings (SSSR count). The van der Waals surface area contributed by atoms with Gasteiger partial charge in [0.15, 0.2) is 0 Å². The average Bonchev–Trinajstić information content (AvgIpc) is 3.23. The molecule has 0 aromatic heterocycles. The first-order valence-corrected chi connectivity index (χ1v) is 11.7. The Kier molecular flexibility index (Phi) is 7.19. The molecule has 1 atom stereocenters. The van der Waals surface area contributed by atoms with Gasteiger partial charge in [0.05, 0.1) is 25.7 Å². The number of thioether (sulfide) groups is 1. The van der Waals surface area contributed by atoms with E-state index in [1.165, 1.54) is 5.56 Å². The van der Waals surface area contributed by atoms with E-state index in [9.17, 15) is 9.59 Å². The Morgan fingerprint density at radius 1 is 1.03 bits per heavy atom. The second-order valence-electron chi connectivity index (χ2n) is 7.63. The Hall–Kier alpha value is -3.45. The van der Waals surface area contributed by atoms with Crippen LogP contribution in [0.2, 0.25) is 0 Å². The highest BCUT2D eigenvalue weighted by atomic mass is 32.2. The predicted molar refractivity (Wildman–Crippen MR) is 131 cm³/mol. The van der Waals surface area contributed by atoms with Crippen molar-refractivity contribution < 1.29 is 19.1 Å². The summed E-state index contributed by atoms with van der Waals surface area (Å²) in [7, 11) is 3.12. The average molecular weight is 463 g/mol. The maximum atomic E-state index is 12.8. The fraction of sp³-hybridized carbons (Fsp3) is 0.231. The highest BCUT2D eigenvalue weighted by molar-refractivity contribution is 8.00. The normalized spacial score (nSPS) is 15.4. The summed E-state index contributed by atoms with van der Waals surface area (Å²) in [4.78, 5) is 27.2. The van der Waals surface area contributed by atoms with Crippen molar-refractivity contribution in [1.82, 2.24) is 4.90 Å². The van der Waals surface area contributed by atoms with E-state index in [4.69, 9.17) is 9.47 Å². The van der Waals surface area contributed by atoms with E-state index in [-0.39, 0.29) is 17.2 Å². The summed E-state index contributed by atoms with van der Waals surface area (Å²) < 4.78 is 10.6. The topological polar surface area (TPSA) is 67.9 Å². The zero-order chi connectivity index (χ0) is 23.2. The summed E-state index contributed by atoms with van der Waals surface area (Å²) in [5, 5.41) is 2.84. The molecule has 1 aliphatic heterocycles. The fourth-order valence-corrected chi connectivity index (χ4v) is 4.98. The summed E-state index contributed by atoms with van der Waals surface area (Å²) in [6.45, 7) is 0.667. The molecule has 3 aromatic carbocycles. The molecule has 1 N–H and O–H groups in total. The standard InChI is InChI=1S/C26H26N2O4S/c1-31-21-12-13-22(23(16-21)32-2)27-25(30)19-8-10-20(11-9-19)26-28(24(29)17-33-26)15-14-18-6-4-3-5-7-18/h3-13,16,26H,14-15,17H2,1-2H3,(H,27,30)/t26-/m0/s1. The Balaban J connectivity index is 1.44. The van der Waals surface area contributed by atoms with Crippen molar-refractivity contribution in [2.24, 2.45) is 0 Å². The number of nitrogens with zero attached hydrogens (tertiary/aromatic N) is 1. The molecule has 1 saturated heterocycles. The van der Waals surface area contributed by atoms with E-state index < -0.39 is 0 Å². The van der Waals surface area contributed by atoms with Crippen LogP contribution in [-0.4, -0.2) is 43.2 Å². The minimum absolute atomic E-state index is 0.0417. The summed E-state index contributed by atoms with van der Waals surface area (Å²) in [5.41, 5.74) is 3.32. The largest absolute Gasteiger partial charge is 0.497 e. The van der Waals surface area contributed by atoms with Gasteiger partial charge < -0.3 is 19.7 Å². The third-order valence-corrected chi connectivity index (χ3v) is 6.82. The van der Waals surface area contributed by atoms with E-state index >= 15 is 0 Å². The molecule has 1 fully saturated rings. The van der Waals surface area contributed by atoms with E-state index in [0.29, 0.717) is 35.0 Å². The molecule has 0 spiro atoms. The van der Waals surface area contributed by atoms with Crippen molar-refractivity contribution in [3.8, 4) is 11.5 Å². The zero-order valence-electron chi connectivity index (χ0n) is 18.6. The fourth-order valence-electron chi connectivity index (χ4n) is 3.76. The molecule has 1 heterocycles. The number of nitrogens with one attached hydrogen (secondary N) is 1. The smallest absolute Gasteiger partial charge is 0.255 e. The van der Waals surface area contributed by atoms with Gasteiger partial charge in [0.2, 0.25) is 5.91 Å². The van der Waals surface area contributed by atoms with Crippen molar-refractivity contribution in [1.29, 1.82) is 0 Å². The van der Waals surface area contributed by atoms with Gasteiger partial charge in [-0.05, 0) is 41.8 Å². The number of hydrogen-bond acceptors (Lipinski definition) is 5. The summed E-state index contributed by atoms with van der Waals surface area (Å²) in [5.74, 6) is 1.55. The van der Waals surface area contributed by atoms with Crippen molar-refractivity contribution in [2.45, 2.75) is 11.8 Å². The first-order valence-electron chi connectivity index (χ1n) is 10.7. The maximum Gasteiger partial charge on any atom is 0.255 e. The second kappa shape index (κ2) is 10.4. The van der Waals surface area contributed by atoms with Gasteiger partial charge in [0, 0.05) is 18.2 Å². The van der Waals surface area contributed by atoms with E-state index in [1.807, 2.05) is 35.2 Å². The summed E-state index contributed by atoms with van der Waals surface area (Å²) in [6, 6.07) is 22.8. The van der Waals surface area contributed by atoms with Gasteiger partial charge in [-0.25, -0.2) is 0 Å². The van der Waals surface area contributed by atoms with Crippen molar-refractivity contribution in [3.05, 3.63) is 89.5 Å². The Bertz CT molecular complexity index is 1120. The molecule has 0 bridgehead atoms. The molecule has 3 aromatic rings. The van der Waals surface area contributed by atoms with Crippen molar-refractivity contribution >= 4 is 29.3 Å². The number of benzene rings is 3. The van der Waals surface area contributed by atoms with E-state index in [1.54, 1.807) is 56.3 Å². The van der Waals surface area contributed by atoms with Crippen LogP contribution in [0.15, 0.2) is 72.8 Å². The van der Waals surface area contributed by atoms with Crippen LogP contribution in [0.25, 0.3) is 0 Å². The highest BCUT2D eigenvalue weighted by Gasteiger charge is 2.32. The molecule has 0 radical (unpaired) electrons. The van der Waals surface area contributed by atoms with E-state index in [0.717, 1.165) is 12.0 Å². The number of ether oxygens (including phenoxy) is 2. The quantitative estimate of drug-likeness (QED) is 0.522. The lowest BCUT2D eigenvalue weighted by Gasteiger charge is -2.24. The van der Waals surface area contributed by atoms with Crippen LogP contribution in [0, 0.1) is 0 Å². The van der Waals surface area contributed by atoms with Crippen LogP contribution < -0.4 is 14.8 Å². The van der Waals surface area contributed by atoms with Crippen LogP contribution in [0.5, 0.6) is 11.5 Å². The molecule has 1 aliphatic rings. The number of rotatable bonds is 8. The molecule has 6 nitrogen and oxygen atoms in total. The zero-order valence-corrected chi connectivity index (χ0v) is 19.4. The first-order chi connectivity index (χ1) is 16.1. The van der Waals surface area contributed by atoms with Gasteiger partial charge >= 0.3 is 0 Å². The monoisotopic (exact) mass is 462 g/mol. The lowest BCUT2D eigenvalue weighted by molar-refractivity contribution is -0.128. The second-order valence-corrected chi connectivity index (χ2v) is 8.70. The van der Waals surface area contributed by atoms with Gasteiger partial charge in [-0.2, -0.15) is 0 Å². The van der Waals surface area contributed by atoms with Gasteiger partial charge in [-0.15, -0.1) is 11.8 Å². The lowest BCUT2D eigenvalue weighted by atomic mass is 10.1. The third-order valence-electron chi connectivity index (χ3n) is 5.57. The van der Waals surface area contributed by atoms with Gasteiger partial charge in [0.1, 0.15) is 16.9 Å².